The molecule has 0 unspecified atom stereocenters. The number of amides is 1. The van der Waals surface area contributed by atoms with E-state index in [1.165, 1.54) is 11.3 Å². The van der Waals surface area contributed by atoms with Crippen molar-refractivity contribution in [3.63, 3.8) is 0 Å². The molecule has 0 aliphatic carbocycles. The number of benzene rings is 1. The monoisotopic (exact) mass is 433 g/mol. The SMILES string of the molecule is CCOc1cccc2sc(N(CCN3CCOCC3)C(=O)c3snnc3C)nc12. The molecule has 3 aromatic rings. The van der Waals surface area contributed by atoms with E-state index in [1.54, 1.807) is 4.90 Å². The standard InChI is InChI=1S/C19H23N5O3S2/c1-3-27-14-5-4-6-15-16(14)20-19(28-15)24(8-7-23-9-11-26-12-10-23)18(25)17-13(2)21-22-29-17/h4-6H,3,7-12H2,1-2H3. The molecular formula is C19H23N5O3S2. The molecule has 2 aromatic heterocycles. The van der Waals surface area contributed by atoms with Crippen molar-refractivity contribution in [2.45, 2.75) is 13.8 Å². The highest BCUT2D eigenvalue weighted by atomic mass is 32.1. The van der Waals surface area contributed by atoms with Crippen LogP contribution < -0.4 is 9.64 Å². The van der Waals surface area contributed by atoms with E-state index in [9.17, 15) is 4.79 Å². The maximum Gasteiger partial charge on any atom is 0.273 e. The number of aryl methyl sites for hydroxylation is 1. The van der Waals surface area contributed by atoms with Gasteiger partial charge in [-0.25, -0.2) is 4.98 Å². The van der Waals surface area contributed by atoms with Crippen molar-refractivity contribution < 1.29 is 14.3 Å². The van der Waals surface area contributed by atoms with Crippen LogP contribution in [-0.2, 0) is 4.74 Å². The van der Waals surface area contributed by atoms with Crippen molar-refractivity contribution in [2.75, 3.05) is 50.9 Å². The number of anilines is 1. The van der Waals surface area contributed by atoms with Crippen LogP contribution in [0.3, 0.4) is 0 Å². The van der Waals surface area contributed by atoms with E-state index in [-0.39, 0.29) is 5.91 Å². The number of carbonyl (C=O) groups excluding carboxylic acids is 1. The summed E-state index contributed by atoms with van der Waals surface area (Å²) in [6, 6.07) is 5.86. The average Bonchev–Trinajstić information content (AvgIpc) is 3.36. The summed E-state index contributed by atoms with van der Waals surface area (Å²) in [5.41, 5.74) is 1.44. The van der Waals surface area contributed by atoms with Crippen molar-refractivity contribution in [2.24, 2.45) is 0 Å². The molecule has 1 saturated heterocycles. The number of hydrogen-bond acceptors (Lipinski definition) is 9. The van der Waals surface area contributed by atoms with Crippen molar-refractivity contribution in [3.8, 4) is 5.75 Å². The fraction of sp³-hybridized carbons (Fsp3) is 0.474. The zero-order valence-electron chi connectivity index (χ0n) is 16.5. The molecule has 1 amide bonds. The molecule has 0 radical (unpaired) electrons. The lowest BCUT2D eigenvalue weighted by Crippen LogP contribution is -2.43. The summed E-state index contributed by atoms with van der Waals surface area (Å²) < 4.78 is 16.1. The van der Waals surface area contributed by atoms with Crippen LogP contribution in [0.15, 0.2) is 18.2 Å². The lowest BCUT2D eigenvalue weighted by atomic mass is 10.3. The van der Waals surface area contributed by atoms with Crippen LogP contribution in [0, 0.1) is 6.92 Å². The van der Waals surface area contributed by atoms with Gasteiger partial charge >= 0.3 is 0 Å². The van der Waals surface area contributed by atoms with Crippen molar-refractivity contribution in [1.82, 2.24) is 19.5 Å². The molecule has 154 valence electrons. The summed E-state index contributed by atoms with van der Waals surface area (Å²) in [4.78, 5) is 22.7. The second-order valence-electron chi connectivity index (χ2n) is 6.63. The van der Waals surface area contributed by atoms with Crippen LogP contribution >= 0.6 is 22.9 Å². The lowest BCUT2D eigenvalue weighted by Gasteiger charge is -2.29. The molecule has 0 saturated carbocycles. The summed E-state index contributed by atoms with van der Waals surface area (Å²) in [5.74, 6) is 0.631. The molecule has 10 heteroatoms. The van der Waals surface area contributed by atoms with E-state index in [0.29, 0.717) is 28.9 Å². The minimum absolute atomic E-state index is 0.109. The fourth-order valence-corrected chi connectivity index (χ4v) is 4.81. The number of aromatic nitrogens is 3. The summed E-state index contributed by atoms with van der Waals surface area (Å²) >= 11 is 2.62. The first kappa shape index (κ1) is 20.1. The summed E-state index contributed by atoms with van der Waals surface area (Å²) in [7, 11) is 0. The molecule has 1 aliphatic heterocycles. The topological polar surface area (TPSA) is 80.7 Å². The van der Waals surface area contributed by atoms with E-state index in [0.717, 1.165) is 60.3 Å². The summed E-state index contributed by atoms with van der Waals surface area (Å²) in [6.45, 7) is 8.82. The van der Waals surface area contributed by atoms with Gasteiger partial charge in [0, 0.05) is 26.2 Å². The molecule has 1 fully saturated rings. The summed E-state index contributed by atoms with van der Waals surface area (Å²) in [6.07, 6.45) is 0. The minimum Gasteiger partial charge on any atom is -0.492 e. The van der Waals surface area contributed by atoms with E-state index in [4.69, 9.17) is 14.5 Å². The van der Waals surface area contributed by atoms with Crippen LogP contribution in [0.4, 0.5) is 5.13 Å². The molecule has 3 heterocycles. The Kier molecular flexibility index (Phi) is 6.34. The van der Waals surface area contributed by atoms with E-state index in [2.05, 4.69) is 14.5 Å². The molecule has 1 aromatic carbocycles. The first-order valence-corrected chi connectivity index (χ1v) is 11.2. The number of fused-ring (bicyclic) bond motifs is 1. The van der Waals surface area contributed by atoms with E-state index >= 15 is 0 Å². The highest BCUT2D eigenvalue weighted by Crippen LogP contribution is 2.35. The Labute approximate surface area is 177 Å². The molecule has 1 aliphatic rings. The second kappa shape index (κ2) is 9.12. The second-order valence-corrected chi connectivity index (χ2v) is 8.39. The number of carbonyl (C=O) groups is 1. The van der Waals surface area contributed by atoms with Gasteiger partial charge < -0.3 is 9.47 Å². The molecule has 0 bridgehead atoms. The van der Waals surface area contributed by atoms with Gasteiger partial charge in [-0.15, -0.1) is 5.10 Å². The molecule has 8 nitrogen and oxygen atoms in total. The van der Waals surface area contributed by atoms with Crippen LogP contribution in [0.2, 0.25) is 0 Å². The third-order valence-electron chi connectivity index (χ3n) is 4.74. The number of ether oxygens (including phenoxy) is 2. The molecular weight excluding hydrogens is 410 g/mol. The van der Waals surface area contributed by atoms with Gasteiger partial charge in [-0.1, -0.05) is 21.9 Å². The highest BCUT2D eigenvalue weighted by molar-refractivity contribution is 7.22. The molecule has 0 N–H and O–H groups in total. The largest absolute Gasteiger partial charge is 0.492 e. The smallest absolute Gasteiger partial charge is 0.273 e. The van der Waals surface area contributed by atoms with Gasteiger partial charge in [0.15, 0.2) is 5.13 Å². The normalized spacial score (nSPS) is 15.0. The Morgan fingerprint density at radius 2 is 2.17 bits per heavy atom. The first-order valence-electron chi connectivity index (χ1n) is 9.60. The van der Waals surface area contributed by atoms with E-state index in [1.807, 2.05) is 32.0 Å². The fourth-order valence-electron chi connectivity index (χ4n) is 3.20. The summed E-state index contributed by atoms with van der Waals surface area (Å²) in [5, 5.41) is 4.67. The number of para-hydroxylation sites is 1. The van der Waals surface area contributed by atoms with Crippen molar-refractivity contribution >= 4 is 44.1 Å². The van der Waals surface area contributed by atoms with Crippen LogP contribution in [0.5, 0.6) is 5.75 Å². The van der Waals surface area contributed by atoms with Gasteiger partial charge in [-0.05, 0) is 37.5 Å². The maximum absolute atomic E-state index is 13.3. The quantitative estimate of drug-likeness (QED) is 0.567. The molecule has 29 heavy (non-hydrogen) atoms. The van der Waals surface area contributed by atoms with Crippen LogP contribution in [-0.4, -0.2) is 71.4 Å². The zero-order chi connectivity index (χ0) is 20.2. The van der Waals surface area contributed by atoms with Crippen molar-refractivity contribution in [3.05, 3.63) is 28.8 Å². The third kappa shape index (κ3) is 4.40. The molecule has 4 rings (SSSR count). The van der Waals surface area contributed by atoms with Gasteiger partial charge in [-0.2, -0.15) is 0 Å². The lowest BCUT2D eigenvalue weighted by molar-refractivity contribution is 0.0391. The van der Waals surface area contributed by atoms with Crippen molar-refractivity contribution in [1.29, 1.82) is 0 Å². The number of thiazole rings is 1. The average molecular weight is 434 g/mol. The minimum atomic E-state index is -0.109. The Morgan fingerprint density at radius 1 is 1.34 bits per heavy atom. The number of rotatable bonds is 7. The number of hydrogen-bond donors (Lipinski definition) is 0. The number of morpholine rings is 1. The maximum atomic E-state index is 13.3. The van der Waals surface area contributed by atoms with E-state index < -0.39 is 0 Å². The molecule has 0 spiro atoms. The predicted molar refractivity (Wildman–Crippen MR) is 114 cm³/mol. The first-order chi connectivity index (χ1) is 14.2. The Bertz CT molecular complexity index is 983. The van der Waals surface area contributed by atoms with Gasteiger partial charge in [0.05, 0.1) is 30.2 Å². The van der Waals surface area contributed by atoms with Gasteiger partial charge in [-0.3, -0.25) is 14.6 Å². The van der Waals surface area contributed by atoms with Gasteiger partial charge in [0.2, 0.25) is 0 Å². The Balaban J connectivity index is 1.65. The Hall–Kier alpha value is -2.14. The van der Waals surface area contributed by atoms with Gasteiger partial charge in [0.1, 0.15) is 16.1 Å². The van der Waals surface area contributed by atoms with Crippen LogP contribution in [0.25, 0.3) is 10.2 Å². The Morgan fingerprint density at radius 3 is 2.90 bits per heavy atom. The highest BCUT2D eigenvalue weighted by Gasteiger charge is 2.26. The molecule has 0 atom stereocenters. The number of nitrogens with zero attached hydrogens (tertiary/aromatic N) is 5. The van der Waals surface area contributed by atoms with Crippen LogP contribution in [0.1, 0.15) is 22.3 Å². The van der Waals surface area contributed by atoms with Gasteiger partial charge in [0.25, 0.3) is 5.91 Å². The zero-order valence-corrected chi connectivity index (χ0v) is 18.1. The predicted octanol–water partition coefficient (Wildman–Crippen LogP) is 2.83. The third-order valence-corrected chi connectivity index (χ3v) is 6.60.